The highest BCUT2D eigenvalue weighted by molar-refractivity contribution is 7.92. The minimum Gasteiger partial charge on any atom is -0.272 e. The summed E-state index contributed by atoms with van der Waals surface area (Å²) in [7, 11) is -4.03. The van der Waals surface area contributed by atoms with Crippen LogP contribution in [0.4, 0.5) is 4.39 Å². The smallest absolute Gasteiger partial charge is 0.271 e. The molecule has 0 aliphatic rings. The Morgan fingerprint density at radius 3 is 2.24 bits per heavy atom. The maximum absolute atomic E-state index is 12.9. The van der Waals surface area contributed by atoms with Gasteiger partial charge >= 0.3 is 0 Å². The van der Waals surface area contributed by atoms with E-state index in [1.54, 1.807) is 12.1 Å². The molecule has 0 bridgehead atoms. The zero-order chi connectivity index (χ0) is 18.6. The zero-order valence-corrected chi connectivity index (χ0v) is 14.6. The fraction of sp³-hybridized carbons (Fsp3) is 0.125. The van der Waals surface area contributed by atoms with Crippen LogP contribution in [-0.4, -0.2) is 25.5 Å². The highest BCUT2D eigenvalue weighted by Crippen LogP contribution is 2.17. The number of hydrogen-bond donors (Lipinski definition) is 2. The molecule has 2 N–H and O–H groups in total. The van der Waals surface area contributed by atoms with Gasteiger partial charge in [0.15, 0.2) is 9.84 Å². The third-order valence-electron chi connectivity index (χ3n) is 3.39. The van der Waals surface area contributed by atoms with Gasteiger partial charge in [-0.25, -0.2) is 12.8 Å². The van der Waals surface area contributed by atoms with E-state index in [4.69, 9.17) is 11.6 Å². The number of sulfone groups is 1. The van der Waals surface area contributed by atoms with Gasteiger partial charge in [0.2, 0.25) is 0 Å². The highest BCUT2D eigenvalue weighted by atomic mass is 35.5. The normalized spacial score (nSPS) is 12.3. The zero-order valence-electron chi connectivity index (χ0n) is 13.0. The van der Waals surface area contributed by atoms with Crippen molar-refractivity contribution in [2.24, 2.45) is 0 Å². The molecule has 2 aromatic rings. The van der Waals surface area contributed by atoms with Crippen molar-refractivity contribution in [1.82, 2.24) is 10.9 Å². The Morgan fingerprint density at radius 1 is 1.04 bits per heavy atom. The second-order valence-electron chi connectivity index (χ2n) is 5.06. The summed E-state index contributed by atoms with van der Waals surface area (Å²) in [6.45, 7) is 1.16. The van der Waals surface area contributed by atoms with Crippen molar-refractivity contribution in [3.63, 3.8) is 0 Å². The van der Waals surface area contributed by atoms with E-state index in [1.165, 1.54) is 12.1 Å². The van der Waals surface area contributed by atoms with E-state index < -0.39 is 32.7 Å². The number of carbonyl (C=O) groups excluding carboxylic acids is 2. The molecule has 1 atom stereocenters. The molecule has 0 radical (unpaired) electrons. The SMILES string of the molecule is CC(C(=O)NNC(=O)c1ccccc1Cl)S(=O)(=O)c1ccc(F)cc1. The van der Waals surface area contributed by atoms with Gasteiger partial charge in [0.25, 0.3) is 11.8 Å². The van der Waals surface area contributed by atoms with E-state index >= 15 is 0 Å². The maximum Gasteiger partial charge on any atom is 0.271 e. The monoisotopic (exact) mass is 384 g/mol. The number of hydrazine groups is 1. The van der Waals surface area contributed by atoms with Gasteiger partial charge in [-0.2, -0.15) is 0 Å². The van der Waals surface area contributed by atoms with E-state index in [2.05, 4.69) is 5.43 Å². The highest BCUT2D eigenvalue weighted by Gasteiger charge is 2.30. The van der Waals surface area contributed by atoms with Crippen molar-refractivity contribution in [3.05, 3.63) is 64.9 Å². The van der Waals surface area contributed by atoms with E-state index in [1.807, 2.05) is 5.43 Å². The summed E-state index contributed by atoms with van der Waals surface area (Å²) in [5.41, 5.74) is 4.27. The fourth-order valence-electron chi connectivity index (χ4n) is 1.90. The van der Waals surface area contributed by atoms with Gasteiger partial charge in [-0.15, -0.1) is 0 Å². The van der Waals surface area contributed by atoms with Crippen molar-refractivity contribution < 1.29 is 22.4 Å². The van der Waals surface area contributed by atoms with Gasteiger partial charge in [-0.3, -0.25) is 20.4 Å². The van der Waals surface area contributed by atoms with Crippen LogP contribution < -0.4 is 10.9 Å². The van der Waals surface area contributed by atoms with Crippen molar-refractivity contribution in [2.75, 3.05) is 0 Å². The predicted molar refractivity (Wildman–Crippen MR) is 90.1 cm³/mol. The lowest BCUT2D eigenvalue weighted by atomic mass is 10.2. The van der Waals surface area contributed by atoms with E-state index in [0.29, 0.717) is 0 Å². The summed E-state index contributed by atoms with van der Waals surface area (Å²) >= 11 is 5.86. The van der Waals surface area contributed by atoms with Gasteiger partial charge in [-0.1, -0.05) is 23.7 Å². The average molecular weight is 385 g/mol. The summed E-state index contributed by atoms with van der Waals surface area (Å²) in [4.78, 5) is 23.8. The number of nitrogens with one attached hydrogen (secondary N) is 2. The second kappa shape index (κ2) is 7.62. The molecule has 2 aromatic carbocycles. The second-order valence-corrected chi connectivity index (χ2v) is 7.74. The first-order valence-electron chi connectivity index (χ1n) is 7.07. The molecule has 132 valence electrons. The van der Waals surface area contributed by atoms with Crippen molar-refractivity contribution in [1.29, 1.82) is 0 Å². The number of halogens is 2. The minimum atomic E-state index is -4.03. The van der Waals surface area contributed by atoms with Crippen molar-refractivity contribution in [2.45, 2.75) is 17.1 Å². The Kier molecular flexibility index (Phi) is 5.76. The van der Waals surface area contributed by atoms with Crippen LogP contribution in [0.15, 0.2) is 53.4 Å². The lowest BCUT2D eigenvalue weighted by Crippen LogP contribution is -2.47. The van der Waals surface area contributed by atoms with E-state index in [9.17, 15) is 22.4 Å². The Morgan fingerprint density at radius 2 is 1.64 bits per heavy atom. The quantitative estimate of drug-likeness (QED) is 0.623. The molecule has 2 amide bonds. The molecule has 25 heavy (non-hydrogen) atoms. The third-order valence-corrected chi connectivity index (χ3v) is 5.80. The summed E-state index contributed by atoms with van der Waals surface area (Å²) in [6.07, 6.45) is 0. The molecule has 2 rings (SSSR count). The number of amides is 2. The maximum atomic E-state index is 12.9. The Labute approximate surface area is 148 Å². The standard InChI is InChI=1S/C16H14ClFN2O4S/c1-10(25(23,24)12-8-6-11(18)7-9-12)15(21)19-20-16(22)13-4-2-3-5-14(13)17/h2-10H,1H3,(H,19,21)(H,20,22). The Hall–Kier alpha value is -2.45. The van der Waals surface area contributed by atoms with Crippen molar-refractivity contribution in [3.8, 4) is 0 Å². The number of benzene rings is 2. The molecular weight excluding hydrogens is 371 g/mol. The lowest BCUT2D eigenvalue weighted by Gasteiger charge is -2.14. The fourth-order valence-corrected chi connectivity index (χ4v) is 3.39. The van der Waals surface area contributed by atoms with E-state index in [0.717, 1.165) is 31.2 Å². The number of hydrogen-bond acceptors (Lipinski definition) is 4. The summed E-state index contributed by atoms with van der Waals surface area (Å²) < 4.78 is 37.6. The molecule has 0 heterocycles. The van der Waals surface area contributed by atoms with Gasteiger partial charge in [0.05, 0.1) is 15.5 Å². The van der Waals surface area contributed by atoms with Crippen LogP contribution in [0.5, 0.6) is 0 Å². The summed E-state index contributed by atoms with van der Waals surface area (Å²) in [5.74, 6) is -2.22. The number of carbonyl (C=O) groups is 2. The molecule has 0 fully saturated rings. The van der Waals surface area contributed by atoms with Crippen LogP contribution in [0.2, 0.25) is 5.02 Å². The van der Waals surface area contributed by atoms with Crippen LogP contribution >= 0.6 is 11.6 Å². The molecule has 0 aliphatic heterocycles. The molecule has 0 saturated heterocycles. The Bertz CT molecular complexity index is 901. The van der Waals surface area contributed by atoms with Crippen LogP contribution in [0, 0.1) is 5.82 Å². The molecule has 0 spiro atoms. The molecule has 9 heteroatoms. The molecule has 0 aliphatic carbocycles. The van der Waals surface area contributed by atoms with Crippen LogP contribution in [0.1, 0.15) is 17.3 Å². The average Bonchev–Trinajstić information content (AvgIpc) is 2.59. The van der Waals surface area contributed by atoms with Crippen LogP contribution in [0.25, 0.3) is 0 Å². The molecular formula is C16H14ClFN2O4S. The van der Waals surface area contributed by atoms with Crippen molar-refractivity contribution >= 4 is 33.3 Å². The number of rotatable bonds is 4. The lowest BCUT2D eigenvalue weighted by molar-refractivity contribution is -0.121. The van der Waals surface area contributed by atoms with E-state index in [-0.39, 0.29) is 15.5 Å². The van der Waals surface area contributed by atoms with Gasteiger partial charge in [-0.05, 0) is 43.3 Å². The van der Waals surface area contributed by atoms with Crippen LogP contribution in [0.3, 0.4) is 0 Å². The van der Waals surface area contributed by atoms with Gasteiger partial charge in [0, 0.05) is 0 Å². The minimum absolute atomic E-state index is 0.124. The first-order valence-corrected chi connectivity index (χ1v) is 9.00. The molecule has 0 aromatic heterocycles. The molecule has 0 saturated carbocycles. The predicted octanol–water partition coefficient (Wildman–Crippen LogP) is 2.10. The van der Waals surface area contributed by atoms with Gasteiger partial charge < -0.3 is 0 Å². The first-order chi connectivity index (χ1) is 11.7. The molecule has 6 nitrogen and oxygen atoms in total. The first kappa shape index (κ1) is 18.9. The summed E-state index contributed by atoms with van der Waals surface area (Å²) in [5, 5.41) is -1.31. The summed E-state index contributed by atoms with van der Waals surface area (Å²) in [6, 6.07) is 10.3. The van der Waals surface area contributed by atoms with Crippen LogP contribution in [-0.2, 0) is 14.6 Å². The molecule has 1 unspecified atom stereocenters. The van der Waals surface area contributed by atoms with Gasteiger partial charge in [0.1, 0.15) is 11.1 Å². The third kappa shape index (κ3) is 4.34. The Balaban J connectivity index is 2.06. The largest absolute Gasteiger partial charge is 0.272 e. The topological polar surface area (TPSA) is 92.3 Å².